The van der Waals surface area contributed by atoms with Crippen molar-refractivity contribution in [3.63, 3.8) is 0 Å². The monoisotopic (exact) mass is 369 g/mol. The van der Waals surface area contributed by atoms with Crippen molar-refractivity contribution in [1.29, 1.82) is 0 Å². The number of H-pyrrole nitrogens is 1. The van der Waals surface area contributed by atoms with E-state index >= 15 is 0 Å². The highest BCUT2D eigenvalue weighted by atomic mass is 32.1. The highest BCUT2D eigenvalue weighted by Gasteiger charge is 2.25. The lowest BCUT2D eigenvalue weighted by Gasteiger charge is -2.17. The van der Waals surface area contributed by atoms with Gasteiger partial charge in [0.05, 0.1) is 29.3 Å². The van der Waals surface area contributed by atoms with Gasteiger partial charge in [0.1, 0.15) is 5.56 Å². The minimum Gasteiger partial charge on any atom is -0.499 e. The first-order valence-electron chi connectivity index (χ1n) is 7.89. The molecule has 0 fully saturated rings. The van der Waals surface area contributed by atoms with E-state index in [9.17, 15) is 14.7 Å². The van der Waals surface area contributed by atoms with Crippen LogP contribution < -0.4 is 15.7 Å². The van der Waals surface area contributed by atoms with Gasteiger partial charge in [-0.15, -0.1) is 0 Å². The Labute approximate surface area is 151 Å². The van der Waals surface area contributed by atoms with Crippen LogP contribution in [0.2, 0.25) is 0 Å². The second-order valence-corrected chi connectivity index (χ2v) is 6.91. The van der Waals surface area contributed by atoms with E-state index in [4.69, 9.17) is 0 Å². The SMILES string of the molecule is Cn1cc(C2CC(c3c(O)sc(=O)[nH]c3=O)=Nc3ccccc3N2)cn1. The van der Waals surface area contributed by atoms with Crippen molar-refractivity contribution in [3.8, 4) is 5.06 Å². The number of rotatable bonds is 2. The molecule has 9 heteroatoms. The second-order valence-electron chi connectivity index (χ2n) is 5.95. The molecule has 132 valence electrons. The average Bonchev–Trinajstić information content (AvgIpc) is 2.92. The molecule has 0 saturated heterocycles. The van der Waals surface area contributed by atoms with Crippen molar-refractivity contribution in [1.82, 2.24) is 14.8 Å². The van der Waals surface area contributed by atoms with Crippen molar-refractivity contribution in [2.75, 3.05) is 5.32 Å². The summed E-state index contributed by atoms with van der Waals surface area (Å²) in [4.78, 5) is 29.9. The number of nitrogens with one attached hydrogen (secondary N) is 2. The number of hydrogen-bond donors (Lipinski definition) is 3. The molecular weight excluding hydrogens is 354 g/mol. The van der Waals surface area contributed by atoms with Gasteiger partial charge in [0.25, 0.3) is 5.56 Å². The summed E-state index contributed by atoms with van der Waals surface area (Å²) in [5, 5.41) is 17.5. The molecule has 3 aromatic rings. The summed E-state index contributed by atoms with van der Waals surface area (Å²) >= 11 is 0.583. The molecule has 2 aromatic heterocycles. The normalized spacial score (nSPS) is 16.3. The van der Waals surface area contributed by atoms with E-state index in [2.05, 4.69) is 20.4 Å². The summed E-state index contributed by atoms with van der Waals surface area (Å²) in [5.41, 5.74) is 2.19. The van der Waals surface area contributed by atoms with E-state index in [-0.39, 0.29) is 16.7 Å². The molecule has 4 rings (SSSR count). The number of aryl methyl sites for hydroxylation is 1. The second kappa shape index (κ2) is 6.26. The summed E-state index contributed by atoms with van der Waals surface area (Å²) in [6, 6.07) is 7.27. The summed E-state index contributed by atoms with van der Waals surface area (Å²) in [5.74, 6) is 0. The molecular formula is C17H15N5O3S. The van der Waals surface area contributed by atoms with Crippen LogP contribution in [-0.4, -0.2) is 25.6 Å². The van der Waals surface area contributed by atoms with E-state index in [1.807, 2.05) is 37.5 Å². The maximum Gasteiger partial charge on any atom is 0.310 e. The first-order chi connectivity index (χ1) is 12.5. The summed E-state index contributed by atoms with van der Waals surface area (Å²) < 4.78 is 1.70. The third-order valence-corrected chi connectivity index (χ3v) is 4.83. The minimum atomic E-state index is -0.644. The van der Waals surface area contributed by atoms with Crippen molar-refractivity contribution in [3.05, 3.63) is 67.8 Å². The fourth-order valence-electron chi connectivity index (χ4n) is 2.97. The number of benzene rings is 1. The smallest absolute Gasteiger partial charge is 0.310 e. The van der Waals surface area contributed by atoms with Crippen molar-refractivity contribution >= 4 is 28.4 Å². The molecule has 0 saturated carbocycles. The Bertz CT molecular complexity index is 1130. The Morgan fingerprint density at radius 1 is 1.31 bits per heavy atom. The van der Waals surface area contributed by atoms with Gasteiger partial charge in [0, 0.05) is 25.2 Å². The predicted octanol–water partition coefficient (Wildman–Crippen LogP) is 1.91. The van der Waals surface area contributed by atoms with Crippen LogP contribution in [0.25, 0.3) is 0 Å². The number of aromatic nitrogens is 3. The van der Waals surface area contributed by atoms with Crippen molar-refractivity contribution < 1.29 is 5.11 Å². The number of fused-ring (bicyclic) bond motifs is 1. The van der Waals surface area contributed by atoms with Crippen molar-refractivity contribution in [2.45, 2.75) is 12.5 Å². The molecule has 0 spiro atoms. The lowest BCUT2D eigenvalue weighted by atomic mass is 10.0. The van der Waals surface area contributed by atoms with E-state index in [1.54, 1.807) is 10.9 Å². The Hall–Kier alpha value is -3.20. The van der Waals surface area contributed by atoms with Gasteiger partial charge >= 0.3 is 4.87 Å². The van der Waals surface area contributed by atoms with Crippen LogP contribution in [0.15, 0.2) is 51.2 Å². The number of aromatic hydroxyl groups is 1. The van der Waals surface area contributed by atoms with Gasteiger partial charge in [0.2, 0.25) is 0 Å². The Morgan fingerprint density at radius 3 is 2.85 bits per heavy atom. The van der Waals surface area contributed by atoms with Crippen LogP contribution in [0.3, 0.4) is 0 Å². The molecule has 8 nitrogen and oxygen atoms in total. The standard InChI is InChI=1S/C17H15N5O3S/c1-22-8-9(7-18-22)12-6-13(14-15(23)21-17(25)26-16(14)24)20-11-5-3-2-4-10(11)19-12/h2-5,7-8,12,19,24H,6H2,1H3,(H,21,23,25). The molecule has 1 atom stereocenters. The summed E-state index contributed by atoms with van der Waals surface area (Å²) in [6.07, 6.45) is 3.98. The first kappa shape index (κ1) is 16.3. The lowest BCUT2D eigenvalue weighted by molar-refractivity contribution is 0.487. The molecule has 1 aliphatic heterocycles. The van der Waals surface area contributed by atoms with Crippen LogP contribution in [0, 0.1) is 0 Å². The highest BCUT2D eigenvalue weighted by molar-refractivity contribution is 7.11. The average molecular weight is 369 g/mol. The van der Waals surface area contributed by atoms with Gasteiger partial charge in [-0.05, 0) is 23.5 Å². The number of hydrogen-bond acceptors (Lipinski definition) is 7. The van der Waals surface area contributed by atoms with E-state index in [1.165, 1.54) is 0 Å². The number of aromatic amines is 1. The maximum absolute atomic E-state index is 12.3. The first-order valence-corrected chi connectivity index (χ1v) is 8.71. The number of aliphatic imine (C=N–C) groups is 1. The highest BCUT2D eigenvalue weighted by Crippen LogP contribution is 2.35. The molecule has 26 heavy (non-hydrogen) atoms. The Morgan fingerprint density at radius 2 is 2.12 bits per heavy atom. The molecule has 3 heterocycles. The fraction of sp³-hybridized carbons (Fsp3) is 0.176. The third kappa shape index (κ3) is 2.93. The van der Waals surface area contributed by atoms with Gasteiger partial charge in [0.15, 0.2) is 5.06 Å². The maximum atomic E-state index is 12.3. The summed E-state index contributed by atoms with van der Waals surface area (Å²) in [7, 11) is 1.83. The largest absolute Gasteiger partial charge is 0.499 e. The van der Waals surface area contributed by atoms with Gasteiger partial charge in [-0.3, -0.25) is 24.2 Å². The summed E-state index contributed by atoms with van der Waals surface area (Å²) in [6.45, 7) is 0. The zero-order valence-corrected chi connectivity index (χ0v) is 14.6. The predicted molar refractivity (Wildman–Crippen MR) is 99.7 cm³/mol. The topological polar surface area (TPSA) is 112 Å². The zero-order chi connectivity index (χ0) is 18.3. The van der Waals surface area contributed by atoms with Crippen LogP contribution in [-0.2, 0) is 7.05 Å². The van der Waals surface area contributed by atoms with Crippen LogP contribution >= 0.6 is 11.3 Å². The number of nitrogens with zero attached hydrogens (tertiary/aromatic N) is 3. The van der Waals surface area contributed by atoms with E-state index < -0.39 is 10.4 Å². The van der Waals surface area contributed by atoms with Gasteiger partial charge < -0.3 is 10.4 Å². The molecule has 3 N–H and O–H groups in total. The van der Waals surface area contributed by atoms with Gasteiger partial charge in [-0.25, -0.2) is 0 Å². The Kier molecular flexibility index (Phi) is 3.92. The van der Waals surface area contributed by atoms with Gasteiger partial charge in [-0.1, -0.05) is 12.1 Å². The number of para-hydroxylation sites is 2. The fourth-order valence-corrected chi connectivity index (χ4v) is 3.60. The molecule has 0 bridgehead atoms. The van der Waals surface area contributed by atoms with Crippen LogP contribution in [0.1, 0.15) is 23.6 Å². The molecule has 1 aromatic carbocycles. The van der Waals surface area contributed by atoms with Gasteiger partial charge in [-0.2, -0.15) is 5.10 Å². The molecule has 0 amide bonds. The van der Waals surface area contributed by atoms with Crippen LogP contribution in [0.5, 0.6) is 5.06 Å². The van der Waals surface area contributed by atoms with Crippen molar-refractivity contribution in [2.24, 2.45) is 12.0 Å². The van der Waals surface area contributed by atoms with E-state index in [0.29, 0.717) is 29.2 Å². The molecule has 1 unspecified atom stereocenters. The Balaban J connectivity index is 1.89. The third-order valence-electron chi connectivity index (χ3n) is 4.15. The molecule has 1 aliphatic rings. The number of anilines is 1. The minimum absolute atomic E-state index is 0.0296. The van der Waals surface area contributed by atoms with E-state index in [0.717, 1.165) is 11.3 Å². The van der Waals surface area contributed by atoms with Crippen LogP contribution in [0.4, 0.5) is 11.4 Å². The lowest BCUT2D eigenvalue weighted by Crippen LogP contribution is -2.25. The quantitative estimate of drug-likeness (QED) is 0.639. The molecule has 0 radical (unpaired) electrons. The zero-order valence-electron chi connectivity index (χ0n) is 13.8. The molecule has 0 aliphatic carbocycles.